The molecule has 0 spiro atoms. The highest BCUT2D eigenvalue weighted by Gasteiger charge is 2.13. The number of nitrogens with one attached hydrogen (secondary N) is 1. The number of hydrogen-bond donors (Lipinski definition) is 2. The average Bonchev–Trinajstić information content (AvgIpc) is 2.90. The maximum absolute atomic E-state index is 11.6. The average molecular weight is 263 g/mol. The molecule has 0 bridgehead atoms. The van der Waals surface area contributed by atoms with Crippen molar-refractivity contribution in [3.63, 3.8) is 0 Å². The molecule has 18 heavy (non-hydrogen) atoms. The number of aryl methyl sites for hydroxylation is 1. The van der Waals surface area contributed by atoms with Gasteiger partial charge in [0.25, 0.3) is 5.91 Å². The van der Waals surface area contributed by atoms with Gasteiger partial charge in [-0.2, -0.15) is 0 Å². The summed E-state index contributed by atoms with van der Waals surface area (Å²) in [6.07, 6.45) is -0.721. The van der Waals surface area contributed by atoms with Crippen LogP contribution in [0.15, 0.2) is 29.6 Å². The van der Waals surface area contributed by atoms with Gasteiger partial charge in [0, 0.05) is 11.9 Å². The molecule has 0 aliphatic rings. The van der Waals surface area contributed by atoms with Gasteiger partial charge < -0.3 is 10.4 Å². The zero-order chi connectivity index (χ0) is 13.0. The first-order chi connectivity index (χ1) is 8.68. The molecule has 1 aromatic heterocycles. The van der Waals surface area contributed by atoms with Gasteiger partial charge in [0.2, 0.25) is 0 Å². The normalized spacial score (nSPS) is 12.1. The van der Waals surface area contributed by atoms with E-state index in [4.69, 9.17) is 0 Å². The summed E-state index contributed by atoms with van der Waals surface area (Å²) in [6, 6.07) is 7.53. The number of carbonyl (C=O) groups excluding carboxylic acids is 1. The monoisotopic (exact) mass is 263 g/mol. The number of benzene rings is 1. The van der Waals surface area contributed by atoms with Gasteiger partial charge in [0.15, 0.2) is 5.69 Å². The number of aromatic nitrogens is 2. The predicted octanol–water partition coefficient (Wildman–Crippen LogP) is 1.31. The van der Waals surface area contributed by atoms with Crippen LogP contribution in [0.1, 0.15) is 27.7 Å². The molecular formula is C12H13N3O2S. The van der Waals surface area contributed by atoms with Gasteiger partial charge in [0.1, 0.15) is 0 Å². The molecule has 2 rings (SSSR count). The molecule has 0 saturated carbocycles. The van der Waals surface area contributed by atoms with Crippen molar-refractivity contribution in [3.8, 4) is 0 Å². The quantitative estimate of drug-likeness (QED) is 0.872. The lowest BCUT2D eigenvalue weighted by Crippen LogP contribution is -2.28. The molecule has 1 heterocycles. The number of carbonyl (C=O) groups is 1. The maximum atomic E-state index is 11.6. The van der Waals surface area contributed by atoms with Gasteiger partial charge in [-0.25, -0.2) is 0 Å². The van der Waals surface area contributed by atoms with Crippen molar-refractivity contribution in [1.82, 2.24) is 14.9 Å². The van der Waals surface area contributed by atoms with E-state index < -0.39 is 6.10 Å². The smallest absolute Gasteiger partial charge is 0.272 e. The van der Waals surface area contributed by atoms with Crippen molar-refractivity contribution in [1.29, 1.82) is 0 Å². The molecular weight excluding hydrogens is 250 g/mol. The maximum Gasteiger partial charge on any atom is 0.272 e. The first-order valence-corrected chi connectivity index (χ1v) is 6.31. The molecule has 6 heteroatoms. The molecule has 0 aliphatic carbocycles. The third-order valence-electron chi connectivity index (χ3n) is 2.60. The molecule has 1 aromatic carbocycles. The number of amides is 1. The van der Waals surface area contributed by atoms with E-state index in [0.29, 0.717) is 0 Å². The second kappa shape index (κ2) is 5.70. The second-order valence-electron chi connectivity index (χ2n) is 3.87. The molecule has 1 atom stereocenters. The fourth-order valence-corrected chi connectivity index (χ4v) is 2.05. The van der Waals surface area contributed by atoms with Crippen LogP contribution in [0.25, 0.3) is 0 Å². The molecule has 0 aliphatic heterocycles. The Morgan fingerprint density at radius 1 is 1.50 bits per heavy atom. The van der Waals surface area contributed by atoms with Crippen LogP contribution in [-0.4, -0.2) is 27.1 Å². The van der Waals surface area contributed by atoms with Crippen LogP contribution in [0.3, 0.4) is 0 Å². The van der Waals surface area contributed by atoms with Crippen LogP contribution in [-0.2, 0) is 0 Å². The van der Waals surface area contributed by atoms with Crippen LogP contribution in [0.5, 0.6) is 0 Å². The van der Waals surface area contributed by atoms with Gasteiger partial charge in [-0.3, -0.25) is 4.79 Å². The topological polar surface area (TPSA) is 75.1 Å². The number of nitrogens with zero attached hydrogens (tertiary/aromatic N) is 2. The Balaban J connectivity index is 1.95. The number of rotatable bonds is 4. The highest BCUT2D eigenvalue weighted by Crippen LogP contribution is 2.16. The fourth-order valence-electron chi connectivity index (χ4n) is 1.61. The van der Waals surface area contributed by atoms with Gasteiger partial charge in [-0.15, -0.1) is 5.10 Å². The zero-order valence-corrected chi connectivity index (χ0v) is 10.6. The highest BCUT2D eigenvalue weighted by atomic mass is 32.1. The summed E-state index contributed by atoms with van der Waals surface area (Å²) in [5.41, 5.74) is 2.08. The zero-order valence-electron chi connectivity index (χ0n) is 9.83. The standard InChI is InChI=1S/C12H13N3O2S/c1-8-4-2-3-5-9(8)11(16)6-13-12(17)10-7-18-15-14-10/h2-5,7,11,16H,6H2,1H3,(H,13,17). The van der Waals surface area contributed by atoms with Gasteiger partial charge in [-0.05, 0) is 29.6 Å². The third kappa shape index (κ3) is 2.91. The van der Waals surface area contributed by atoms with E-state index >= 15 is 0 Å². The molecule has 94 valence electrons. The number of hydrogen-bond acceptors (Lipinski definition) is 5. The van der Waals surface area contributed by atoms with Crippen molar-refractivity contribution in [3.05, 3.63) is 46.5 Å². The number of aliphatic hydroxyl groups excluding tert-OH is 1. The largest absolute Gasteiger partial charge is 0.387 e. The Morgan fingerprint density at radius 2 is 2.28 bits per heavy atom. The van der Waals surface area contributed by atoms with Crippen LogP contribution in [0, 0.1) is 6.92 Å². The van der Waals surface area contributed by atoms with Crippen molar-refractivity contribution >= 4 is 17.4 Å². The lowest BCUT2D eigenvalue weighted by atomic mass is 10.0. The van der Waals surface area contributed by atoms with Gasteiger partial charge in [-0.1, -0.05) is 28.8 Å². The van der Waals surface area contributed by atoms with Crippen molar-refractivity contribution in [2.75, 3.05) is 6.54 Å². The molecule has 5 nitrogen and oxygen atoms in total. The summed E-state index contributed by atoms with van der Waals surface area (Å²) in [4.78, 5) is 11.6. The molecule has 2 aromatic rings. The molecule has 1 amide bonds. The first-order valence-electron chi connectivity index (χ1n) is 5.47. The summed E-state index contributed by atoms with van der Waals surface area (Å²) in [6.45, 7) is 2.08. The minimum absolute atomic E-state index is 0.154. The molecule has 0 fully saturated rings. The van der Waals surface area contributed by atoms with Crippen molar-refractivity contribution < 1.29 is 9.90 Å². The van der Waals surface area contributed by atoms with E-state index in [1.54, 1.807) is 5.38 Å². The van der Waals surface area contributed by atoms with Crippen LogP contribution >= 0.6 is 11.5 Å². The lowest BCUT2D eigenvalue weighted by Gasteiger charge is -2.13. The van der Waals surface area contributed by atoms with E-state index in [1.165, 1.54) is 0 Å². The Hall–Kier alpha value is -1.79. The summed E-state index contributed by atoms with van der Waals surface area (Å²) in [5.74, 6) is -0.323. The van der Waals surface area contributed by atoms with E-state index in [0.717, 1.165) is 22.7 Å². The highest BCUT2D eigenvalue weighted by molar-refractivity contribution is 7.03. The Bertz CT molecular complexity index is 528. The summed E-state index contributed by atoms with van der Waals surface area (Å²) in [5, 5.41) is 17.8. The van der Waals surface area contributed by atoms with E-state index in [1.807, 2.05) is 31.2 Å². The minimum Gasteiger partial charge on any atom is -0.387 e. The fraction of sp³-hybridized carbons (Fsp3) is 0.250. The van der Waals surface area contributed by atoms with Gasteiger partial charge in [0.05, 0.1) is 6.10 Å². The lowest BCUT2D eigenvalue weighted by molar-refractivity contribution is 0.0911. The predicted molar refractivity (Wildman–Crippen MR) is 68.4 cm³/mol. The van der Waals surface area contributed by atoms with Gasteiger partial charge >= 0.3 is 0 Å². The second-order valence-corrected chi connectivity index (χ2v) is 4.48. The summed E-state index contributed by atoms with van der Waals surface area (Å²) >= 11 is 1.12. The molecule has 1 unspecified atom stereocenters. The van der Waals surface area contributed by atoms with E-state index in [2.05, 4.69) is 14.9 Å². The SMILES string of the molecule is Cc1ccccc1C(O)CNC(=O)c1csnn1. The Labute approximate surface area is 109 Å². The van der Waals surface area contributed by atoms with Crippen molar-refractivity contribution in [2.24, 2.45) is 0 Å². The van der Waals surface area contributed by atoms with Crippen molar-refractivity contribution in [2.45, 2.75) is 13.0 Å². The Morgan fingerprint density at radius 3 is 2.94 bits per heavy atom. The molecule has 2 N–H and O–H groups in total. The first kappa shape index (κ1) is 12.7. The van der Waals surface area contributed by atoms with Crippen LogP contribution in [0.4, 0.5) is 0 Å². The van der Waals surface area contributed by atoms with Crippen LogP contribution < -0.4 is 5.32 Å². The van der Waals surface area contributed by atoms with E-state index in [9.17, 15) is 9.90 Å². The summed E-state index contributed by atoms with van der Waals surface area (Å²) < 4.78 is 3.61. The molecule has 0 radical (unpaired) electrons. The molecule has 0 saturated heterocycles. The number of aliphatic hydroxyl groups is 1. The Kier molecular flexibility index (Phi) is 4.01. The minimum atomic E-state index is -0.721. The van der Waals surface area contributed by atoms with E-state index in [-0.39, 0.29) is 18.1 Å². The summed E-state index contributed by atoms with van der Waals surface area (Å²) in [7, 11) is 0. The van der Waals surface area contributed by atoms with Crippen LogP contribution in [0.2, 0.25) is 0 Å². The third-order valence-corrected chi connectivity index (χ3v) is 3.10.